The van der Waals surface area contributed by atoms with Gasteiger partial charge in [0.15, 0.2) is 0 Å². The van der Waals surface area contributed by atoms with Crippen molar-refractivity contribution < 1.29 is 12.8 Å². The predicted molar refractivity (Wildman–Crippen MR) is 65.9 cm³/mol. The third-order valence-corrected chi connectivity index (χ3v) is 4.93. The molecule has 0 bridgehead atoms. The summed E-state index contributed by atoms with van der Waals surface area (Å²) in [6.45, 7) is 3.44. The van der Waals surface area contributed by atoms with Crippen molar-refractivity contribution in [3.8, 4) is 0 Å². The van der Waals surface area contributed by atoms with E-state index >= 15 is 0 Å². The predicted octanol–water partition coefficient (Wildman–Crippen LogP) is 2.09. The quantitative estimate of drug-likeness (QED) is 0.863. The smallest absolute Gasteiger partial charge is 0.244 e. The van der Waals surface area contributed by atoms with Crippen molar-refractivity contribution in [2.24, 2.45) is 0 Å². The van der Waals surface area contributed by atoms with Gasteiger partial charge in [0.25, 0.3) is 0 Å². The zero-order valence-electron chi connectivity index (χ0n) is 9.74. The molecule has 0 aliphatic carbocycles. The van der Waals surface area contributed by atoms with Crippen LogP contribution in [0.25, 0.3) is 0 Å². The number of nitrogen functional groups attached to an aromatic ring is 1. The molecule has 0 spiro atoms. The number of nitrogens with zero attached hydrogens (tertiary/aromatic N) is 1. The van der Waals surface area contributed by atoms with Crippen LogP contribution in [0.2, 0.25) is 5.02 Å². The molecule has 0 saturated heterocycles. The minimum Gasteiger partial charge on any atom is -0.396 e. The Morgan fingerprint density at radius 3 is 2.41 bits per heavy atom. The number of benzene rings is 1. The Morgan fingerprint density at radius 2 is 1.94 bits per heavy atom. The number of anilines is 1. The molecule has 0 aliphatic heterocycles. The minimum absolute atomic E-state index is 0.177. The zero-order valence-corrected chi connectivity index (χ0v) is 11.3. The Bertz CT molecular complexity index is 531. The molecule has 0 heterocycles. The van der Waals surface area contributed by atoms with Gasteiger partial charge >= 0.3 is 0 Å². The van der Waals surface area contributed by atoms with Gasteiger partial charge in [-0.3, -0.25) is 0 Å². The Hall–Kier alpha value is -0.850. The van der Waals surface area contributed by atoms with E-state index < -0.39 is 15.8 Å². The van der Waals surface area contributed by atoms with E-state index in [4.69, 9.17) is 17.3 Å². The van der Waals surface area contributed by atoms with E-state index in [-0.39, 0.29) is 21.6 Å². The molecule has 96 valence electrons. The molecule has 0 unspecified atom stereocenters. The monoisotopic (exact) mass is 280 g/mol. The lowest BCUT2D eigenvalue weighted by Crippen LogP contribution is -2.33. The van der Waals surface area contributed by atoms with Gasteiger partial charge in [-0.05, 0) is 26.0 Å². The van der Waals surface area contributed by atoms with E-state index in [0.29, 0.717) is 0 Å². The molecule has 0 amide bonds. The van der Waals surface area contributed by atoms with Crippen LogP contribution in [0.5, 0.6) is 0 Å². The van der Waals surface area contributed by atoms with E-state index in [1.54, 1.807) is 13.8 Å². The van der Waals surface area contributed by atoms with Crippen LogP contribution in [0.1, 0.15) is 13.8 Å². The number of nitrogens with two attached hydrogens (primary N) is 1. The van der Waals surface area contributed by atoms with E-state index in [9.17, 15) is 12.8 Å². The van der Waals surface area contributed by atoms with Crippen molar-refractivity contribution in [1.29, 1.82) is 0 Å². The lowest BCUT2D eigenvalue weighted by Gasteiger charge is -2.21. The summed E-state index contributed by atoms with van der Waals surface area (Å²) < 4.78 is 38.5. The molecule has 0 atom stereocenters. The van der Waals surface area contributed by atoms with Crippen LogP contribution < -0.4 is 5.73 Å². The minimum atomic E-state index is -3.75. The number of halogens is 2. The summed E-state index contributed by atoms with van der Waals surface area (Å²) in [5.41, 5.74) is 5.10. The fourth-order valence-electron chi connectivity index (χ4n) is 1.18. The van der Waals surface area contributed by atoms with Crippen LogP contribution in [0, 0.1) is 5.82 Å². The van der Waals surface area contributed by atoms with Crippen molar-refractivity contribution in [2.45, 2.75) is 24.8 Å². The van der Waals surface area contributed by atoms with Crippen molar-refractivity contribution >= 4 is 27.3 Å². The highest BCUT2D eigenvalue weighted by atomic mass is 35.5. The molecule has 17 heavy (non-hydrogen) atoms. The van der Waals surface area contributed by atoms with Gasteiger partial charge in [0, 0.05) is 13.1 Å². The summed E-state index contributed by atoms with van der Waals surface area (Å²) >= 11 is 5.73. The zero-order chi connectivity index (χ0) is 13.4. The van der Waals surface area contributed by atoms with Crippen LogP contribution >= 0.6 is 11.6 Å². The van der Waals surface area contributed by atoms with Crippen LogP contribution in [-0.4, -0.2) is 25.8 Å². The normalized spacial score (nSPS) is 12.4. The van der Waals surface area contributed by atoms with Crippen molar-refractivity contribution in [1.82, 2.24) is 4.31 Å². The van der Waals surface area contributed by atoms with Crippen molar-refractivity contribution in [2.75, 3.05) is 12.8 Å². The molecule has 1 aromatic rings. The first-order valence-electron chi connectivity index (χ1n) is 4.90. The largest absolute Gasteiger partial charge is 0.396 e. The summed E-state index contributed by atoms with van der Waals surface area (Å²) in [5.74, 6) is -0.735. The van der Waals surface area contributed by atoms with E-state index in [0.717, 1.165) is 16.4 Å². The average molecular weight is 281 g/mol. The topological polar surface area (TPSA) is 63.4 Å². The molecule has 1 rings (SSSR count). The molecule has 0 saturated carbocycles. The second-order valence-electron chi connectivity index (χ2n) is 3.92. The van der Waals surface area contributed by atoms with Gasteiger partial charge in [0.1, 0.15) is 10.7 Å². The Balaban J connectivity index is 3.39. The highest BCUT2D eigenvalue weighted by Crippen LogP contribution is 2.28. The first-order valence-corrected chi connectivity index (χ1v) is 6.72. The molecule has 0 aliphatic rings. The molecule has 0 radical (unpaired) electrons. The van der Waals surface area contributed by atoms with E-state index in [1.807, 2.05) is 0 Å². The van der Waals surface area contributed by atoms with Gasteiger partial charge in [-0.25, -0.2) is 12.8 Å². The second-order valence-corrected chi connectivity index (χ2v) is 6.29. The fraction of sp³-hybridized carbons (Fsp3) is 0.400. The fourth-order valence-corrected chi connectivity index (χ4v) is 3.06. The molecule has 4 nitrogen and oxygen atoms in total. The van der Waals surface area contributed by atoms with E-state index in [2.05, 4.69) is 0 Å². The number of sulfonamides is 1. The second kappa shape index (κ2) is 4.80. The maximum absolute atomic E-state index is 13.1. The van der Waals surface area contributed by atoms with Gasteiger partial charge in [0.05, 0.1) is 10.7 Å². The molecule has 2 N–H and O–H groups in total. The number of hydrogen-bond donors (Lipinski definition) is 1. The highest BCUT2D eigenvalue weighted by Gasteiger charge is 2.26. The third-order valence-electron chi connectivity index (χ3n) is 2.44. The molecule has 1 aromatic carbocycles. The molecule has 0 fully saturated rings. The SMILES string of the molecule is CC(C)N(C)S(=O)(=O)c1cc(N)c(F)cc1Cl. The van der Waals surface area contributed by atoms with Crippen molar-refractivity contribution in [3.63, 3.8) is 0 Å². The first kappa shape index (κ1) is 14.2. The Labute approximate surface area is 105 Å². The maximum Gasteiger partial charge on any atom is 0.244 e. The highest BCUT2D eigenvalue weighted by molar-refractivity contribution is 7.89. The van der Waals surface area contributed by atoms with Gasteiger partial charge in [-0.15, -0.1) is 0 Å². The lowest BCUT2D eigenvalue weighted by molar-refractivity contribution is 0.410. The summed E-state index contributed by atoms with van der Waals surface area (Å²) in [4.78, 5) is -0.186. The maximum atomic E-state index is 13.1. The van der Waals surface area contributed by atoms with Gasteiger partial charge in [-0.1, -0.05) is 11.6 Å². The first-order chi connectivity index (χ1) is 7.67. The summed E-state index contributed by atoms with van der Waals surface area (Å²) in [6.07, 6.45) is 0. The molecule has 0 aromatic heterocycles. The molecule has 7 heteroatoms. The summed E-state index contributed by atoms with van der Waals surface area (Å²) in [5, 5.41) is -0.177. The van der Waals surface area contributed by atoms with Gasteiger partial charge < -0.3 is 5.73 Å². The lowest BCUT2D eigenvalue weighted by atomic mass is 10.3. The van der Waals surface area contributed by atoms with Gasteiger partial charge in [0.2, 0.25) is 10.0 Å². The van der Waals surface area contributed by atoms with Crippen LogP contribution in [0.4, 0.5) is 10.1 Å². The number of rotatable bonds is 3. The van der Waals surface area contributed by atoms with E-state index in [1.165, 1.54) is 7.05 Å². The molecular formula is C10H14ClFN2O2S. The van der Waals surface area contributed by atoms with Crippen molar-refractivity contribution in [3.05, 3.63) is 23.0 Å². The molecular weight excluding hydrogens is 267 g/mol. The summed E-state index contributed by atoms with van der Waals surface area (Å²) in [7, 11) is -2.33. The third kappa shape index (κ3) is 2.70. The summed E-state index contributed by atoms with van der Waals surface area (Å²) in [6, 6.07) is 1.70. The van der Waals surface area contributed by atoms with Crippen LogP contribution in [-0.2, 0) is 10.0 Å². The van der Waals surface area contributed by atoms with Gasteiger partial charge in [-0.2, -0.15) is 4.31 Å². The van der Waals surface area contributed by atoms with Crippen LogP contribution in [0.15, 0.2) is 17.0 Å². The average Bonchev–Trinajstić information content (AvgIpc) is 2.21. The number of hydrogen-bond acceptors (Lipinski definition) is 3. The standard InChI is InChI=1S/C10H14ClFN2O2S/c1-6(2)14(3)17(15,16)10-5-9(13)8(12)4-7(10)11/h4-6H,13H2,1-3H3. The van der Waals surface area contributed by atoms with Crippen LogP contribution in [0.3, 0.4) is 0 Å². The Morgan fingerprint density at radius 1 is 1.41 bits per heavy atom. The Kier molecular flexibility index (Phi) is 4.01.